The molecule has 0 saturated carbocycles. The highest BCUT2D eigenvalue weighted by atomic mass is 16.5. The number of nitrogens with zero attached hydrogens (tertiary/aromatic N) is 2. The van der Waals surface area contributed by atoms with Gasteiger partial charge in [-0.25, -0.2) is 4.79 Å². The largest absolute Gasteiger partial charge is 0.494 e. The molecule has 3 heterocycles. The summed E-state index contributed by atoms with van der Waals surface area (Å²) in [7, 11) is 0. The lowest BCUT2D eigenvalue weighted by molar-refractivity contribution is 0.00444. The fraction of sp³-hybridized carbons (Fsp3) is 0.552. The van der Waals surface area contributed by atoms with Gasteiger partial charge in [0.2, 0.25) is 0 Å². The van der Waals surface area contributed by atoms with Crippen LogP contribution in [0.15, 0.2) is 48.5 Å². The number of hydrogen-bond acceptors (Lipinski definition) is 4. The van der Waals surface area contributed by atoms with Crippen molar-refractivity contribution in [2.24, 2.45) is 5.92 Å². The number of hydrogen-bond donors (Lipinski definition) is 1. The van der Waals surface area contributed by atoms with Gasteiger partial charge in [0.1, 0.15) is 5.75 Å². The quantitative estimate of drug-likeness (QED) is 0.613. The van der Waals surface area contributed by atoms with Crippen molar-refractivity contribution in [1.29, 1.82) is 0 Å². The van der Waals surface area contributed by atoms with Crippen LogP contribution in [-0.4, -0.2) is 61.3 Å². The Kier molecular flexibility index (Phi) is 7.59. The lowest BCUT2D eigenvalue weighted by atomic mass is 9.77. The summed E-state index contributed by atoms with van der Waals surface area (Å²) in [6.07, 6.45) is 4.43. The molecule has 3 aliphatic heterocycles. The summed E-state index contributed by atoms with van der Waals surface area (Å²) in [4.78, 5) is 18.5. The number of fused-ring (bicyclic) bond motifs is 4. The molecule has 2 amide bonds. The summed E-state index contributed by atoms with van der Waals surface area (Å²) in [5.74, 6) is 1.37. The average molecular weight is 478 g/mol. The molecule has 0 unspecified atom stereocenters. The smallest absolute Gasteiger partial charge is 0.318 e. The van der Waals surface area contributed by atoms with E-state index in [1.165, 1.54) is 17.5 Å². The number of likely N-dealkylation sites (tertiary alicyclic amines) is 1. The molecule has 2 aromatic carbocycles. The van der Waals surface area contributed by atoms with Gasteiger partial charge in [0.15, 0.2) is 0 Å². The third kappa shape index (κ3) is 5.19. The standard InChI is InChI=1S/C29H39N3O3/c1-3-34-20-26(22-10-7-12-24(17-22)35-4-2)30-29(33)32-15-8-11-23-19-31-16-14-21-9-5-6-13-25(21)28(31)18-27(23)32/h5-7,9-10,12-13,17,23,26-28H,3-4,8,11,14-16,18-20H2,1-2H3,(H,30,33)/t23-,26+,27+,28+/m1/s1. The summed E-state index contributed by atoms with van der Waals surface area (Å²) < 4.78 is 11.5. The third-order valence-corrected chi connectivity index (χ3v) is 7.99. The molecule has 188 valence electrons. The van der Waals surface area contributed by atoms with Crippen LogP contribution in [0, 0.1) is 5.92 Å². The van der Waals surface area contributed by atoms with Crippen LogP contribution in [0.2, 0.25) is 0 Å². The first-order valence-corrected chi connectivity index (χ1v) is 13.4. The van der Waals surface area contributed by atoms with Crippen LogP contribution in [0.1, 0.15) is 61.9 Å². The fourth-order valence-electron chi connectivity index (χ4n) is 6.33. The molecule has 4 atom stereocenters. The zero-order chi connectivity index (χ0) is 24.2. The van der Waals surface area contributed by atoms with E-state index in [0.717, 1.165) is 50.2 Å². The third-order valence-electron chi connectivity index (χ3n) is 7.99. The highest BCUT2D eigenvalue weighted by Crippen LogP contribution is 2.42. The van der Waals surface area contributed by atoms with Crippen molar-refractivity contribution in [3.8, 4) is 5.75 Å². The van der Waals surface area contributed by atoms with Gasteiger partial charge in [-0.2, -0.15) is 0 Å². The minimum Gasteiger partial charge on any atom is -0.494 e. The predicted octanol–water partition coefficient (Wildman–Crippen LogP) is 4.96. The van der Waals surface area contributed by atoms with E-state index in [-0.39, 0.29) is 18.1 Å². The zero-order valence-corrected chi connectivity index (χ0v) is 21.1. The van der Waals surface area contributed by atoms with Crippen molar-refractivity contribution in [2.75, 3.05) is 39.5 Å². The van der Waals surface area contributed by atoms with Crippen molar-refractivity contribution in [1.82, 2.24) is 15.1 Å². The van der Waals surface area contributed by atoms with Crippen LogP contribution in [0.4, 0.5) is 4.79 Å². The van der Waals surface area contributed by atoms with Crippen LogP contribution in [0.25, 0.3) is 0 Å². The molecule has 0 bridgehead atoms. The van der Waals surface area contributed by atoms with E-state index in [1.807, 2.05) is 38.1 Å². The van der Waals surface area contributed by atoms with Gasteiger partial charge in [-0.1, -0.05) is 36.4 Å². The van der Waals surface area contributed by atoms with E-state index in [4.69, 9.17) is 9.47 Å². The summed E-state index contributed by atoms with van der Waals surface area (Å²) in [6, 6.07) is 17.4. The summed E-state index contributed by atoms with van der Waals surface area (Å²) in [5, 5.41) is 3.32. The number of piperidine rings is 2. The number of nitrogens with one attached hydrogen (secondary N) is 1. The van der Waals surface area contributed by atoms with Gasteiger partial charge in [-0.15, -0.1) is 0 Å². The van der Waals surface area contributed by atoms with Crippen LogP contribution in [0.5, 0.6) is 5.75 Å². The Labute approximate surface area is 209 Å². The minimum absolute atomic E-state index is 0.0313. The molecule has 2 fully saturated rings. The lowest BCUT2D eigenvalue weighted by Gasteiger charge is -2.52. The molecular formula is C29H39N3O3. The maximum absolute atomic E-state index is 13.7. The Morgan fingerprint density at radius 2 is 2.00 bits per heavy atom. The summed E-state index contributed by atoms with van der Waals surface area (Å²) >= 11 is 0. The van der Waals surface area contributed by atoms with Crippen molar-refractivity contribution >= 4 is 6.03 Å². The van der Waals surface area contributed by atoms with Crippen molar-refractivity contribution in [3.63, 3.8) is 0 Å². The number of urea groups is 1. The Morgan fingerprint density at radius 1 is 1.11 bits per heavy atom. The van der Waals surface area contributed by atoms with E-state index in [0.29, 0.717) is 31.8 Å². The van der Waals surface area contributed by atoms with E-state index in [9.17, 15) is 4.79 Å². The summed E-state index contributed by atoms with van der Waals surface area (Å²) in [6.45, 7) is 8.68. The molecule has 0 aromatic heterocycles. The highest BCUT2D eigenvalue weighted by molar-refractivity contribution is 5.75. The van der Waals surface area contributed by atoms with Crippen LogP contribution >= 0.6 is 0 Å². The number of carbonyl (C=O) groups excluding carboxylic acids is 1. The second-order valence-corrected chi connectivity index (χ2v) is 10.0. The Balaban J connectivity index is 1.34. The maximum Gasteiger partial charge on any atom is 0.318 e. The van der Waals surface area contributed by atoms with E-state index in [2.05, 4.69) is 39.4 Å². The van der Waals surface area contributed by atoms with Gasteiger partial charge in [0.05, 0.1) is 19.3 Å². The molecule has 35 heavy (non-hydrogen) atoms. The lowest BCUT2D eigenvalue weighted by Crippen LogP contribution is -2.59. The normalized spacial score (nSPS) is 24.6. The predicted molar refractivity (Wildman–Crippen MR) is 138 cm³/mol. The average Bonchev–Trinajstić information content (AvgIpc) is 2.89. The highest BCUT2D eigenvalue weighted by Gasteiger charge is 2.44. The van der Waals surface area contributed by atoms with Crippen LogP contribution < -0.4 is 10.1 Å². The second-order valence-electron chi connectivity index (χ2n) is 10.0. The Hall–Kier alpha value is -2.57. The van der Waals surface area contributed by atoms with Gasteiger partial charge >= 0.3 is 6.03 Å². The van der Waals surface area contributed by atoms with Crippen molar-refractivity contribution < 1.29 is 14.3 Å². The molecule has 3 aliphatic rings. The van der Waals surface area contributed by atoms with Crippen molar-refractivity contribution in [3.05, 3.63) is 65.2 Å². The number of rotatable bonds is 7. The van der Waals surface area contributed by atoms with E-state index < -0.39 is 0 Å². The summed E-state index contributed by atoms with van der Waals surface area (Å²) in [5.41, 5.74) is 3.96. The van der Waals surface area contributed by atoms with Gasteiger partial charge in [-0.3, -0.25) is 4.90 Å². The molecule has 0 aliphatic carbocycles. The second kappa shape index (κ2) is 11.0. The van der Waals surface area contributed by atoms with Gasteiger partial charge < -0.3 is 19.7 Å². The molecule has 6 nitrogen and oxygen atoms in total. The first-order valence-electron chi connectivity index (χ1n) is 13.4. The molecule has 2 saturated heterocycles. The Bertz CT molecular complexity index is 1010. The Morgan fingerprint density at radius 3 is 2.86 bits per heavy atom. The molecular weight excluding hydrogens is 438 g/mol. The number of benzene rings is 2. The number of ether oxygens (including phenoxy) is 2. The zero-order valence-electron chi connectivity index (χ0n) is 21.1. The molecule has 2 aromatic rings. The number of carbonyl (C=O) groups is 1. The molecule has 6 heteroatoms. The van der Waals surface area contributed by atoms with Crippen molar-refractivity contribution in [2.45, 2.75) is 57.7 Å². The molecule has 1 N–H and O–H groups in total. The van der Waals surface area contributed by atoms with Crippen LogP contribution in [-0.2, 0) is 11.2 Å². The van der Waals surface area contributed by atoms with Gasteiger partial charge in [-0.05, 0) is 74.3 Å². The molecule has 5 rings (SSSR count). The maximum atomic E-state index is 13.7. The SMILES string of the molecule is CCOC[C@H](NC(=O)N1CCC[C@@H]2CN3CCc4ccccc4[C@@H]3C[C@@H]21)c1cccc(OCC)c1. The van der Waals surface area contributed by atoms with Gasteiger partial charge in [0, 0.05) is 38.3 Å². The minimum atomic E-state index is -0.210. The monoisotopic (exact) mass is 477 g/mol. The molecule has 0 radical (unpaired) electrons. The van der Waals surface area contributed by atoms with Crippen LogP contribution in [0.3, 0.4) is 0 Å². The molecule has 0 spiro atoms. The first-order chi connectivity index (χ1) is 17.2. The first kappa shape index (κ1) is 24.1. The van der Waals surface area contributed by atoms with Gasteiger partial charge in [0.25, 0.3) is 0 Å². The fourth-order valence-corrected chi connectivity index (χ4v) is 6.33. The van der Waals surface area contributed by atoms with E-state index >= 15 is 0 Å². The topological polar surface area (TPSA) is 54.0 Å². The number of amides is 2. The van der Waals surface area contributed by atoms with E-state index in [1.54, 1.807) is 0 Å².